The summed E-state index contributed by atoms with van der Waals surface area (Å²) in [4.78, 5) is 46.4. The number of quaternary nitrogens is 2. The van der Waals surface area contributed by atoms with Gasteiger partial charge in [-0.3, -0.25) is 20.2 Å². The van der Waals surface area contributed by atoms with Crippen LogP contribution in [-0.2, 0) is 19.2 Å². The third kappa shape index (κ3) is 8.25. The third-order valence-corrected chi connectivity index (χ3v) is 6.63. The zero-order valence-corrected chi connectivity index (χ0v) is 20.1. The van der Waals surface area contributed by atoms with E-state index in [4.69, 9.17) is 10.2 Å². The van der Waals surface area contributed by atoms with Gasteiger partial charge in [0.15, 0.2) is 18.6 Å². The first-order valence-electron chi connectivity index (χ1n) is 12.0. The van der Waals surface area contributed by atoms with Crippen LogP contribution in [0.1, 0.15) is 38.5 Å². The molecule has 36 heavy (non-hydrogen) atoms. The minimum atomic E-state index is -1.53. The number of aliphatic carboxylic acids is 1. The average molecular weight is 518 g/mol. The maximum atomic E-state index is 13.9. The Morgan fingerprint density at radius 2 is 1.89 bits per heavy atom. The number of carbonyl (C=O) groups excluding carboxylic acids is 3. The number of carboxylic acid groups (broad SMARTS) is 1. The molecule has 6 unspecified atom stereocenters. The van der Waals surface area contributed by atoms with E-state index in [2.05, 4.69) is 16.4 Å². The number of carboxylic acids is 1. The summed E-state index contributed by atoms with van der Waals surface area (Å²) in [6.07, 6.45) is 1.02. The fraction of sp³-hybridized carbons (Fsp3) is 0.652. The standard InChI is InChI=1S/C23H35FN4O8/c24-17-10-14(3-5-19(17)31)23(36)28(8-9-28)16(13-30)4-6-20(32)26-7-1-2-18(25)22(35)27-15(12-29)11-21(33)34/h3,5,12-13,15-18,20,22,26-27,32,35H,1-2,4,6-11,25H2,(H-,31,33,34,36)/p+3. The van der Waals surface area contributed by atoms with E-state index in [-0.39, 0.29) is 41.0 Å². The van der Waals surface area contributed by atoms with Gasteiger partial charge in [0.2, 0.25) is 6.17 Å². The lowest BCUT2D eigenvalue weighted by Gasteiger charge is -2.25. The SMILES string of the molecule is [NH3+]C(CCCNC(O)CCC(C=O)[N+]1(C(=O)C2=CC=C([OH2+])C(F)C2)CC1)C(O)NC(C=O)CC(=O)O. The van der Waals surface area contributed by atoms with Crippen molar-refractivity contribution < 1.29 is 54.2 Å². The number of rotatable bonds is 17. The average Bonchev–Trinajstić information content (AvgIpc) is 3.64. The minimum Gasteiger partial charge on any atom is -0.594 e. The Bertz CT molecular complexity index is 863. The predicted octanol–water partition coefficient (Wildman–Crippen LogP) is -2.78. The molecule has 1 amide bonds. The molecule has 2 rings (SSSR count). The summed E-state index contributed by atoms with van der Waals surface area (Å²) in [7, 11) is 0. The molecule has 2 aliphatic rings. The summed E-state index contributed by atoms with van der Waals surface area (Å²) in [5.41, 5.74) is 4.08. The maximum Gasteiger partial charge on any atom is 0.342 e. The first-order valence-corrected chi connectivity index (χ1v) is 12.0. The normalized spacial score (nSPS) is 22.8. The van der Waals surface area contributed by atoms with Gasteiger partial charge >= 0.3 is 11.9 Å². The number of halogens is 1. The van der Waals surface area contributed by atoms with E-state index in [0.29, 0.717) is 45.0 Å². The molecule has 1 fully saturated rings. The molecule has 1 aliphatic carbocycles. The minimum absolute atomic E-state index is 0.0896. The molecule has 10 N–H and O–H groups in total. The van der Waals surface area contributed by atoms with Gasteiger partial charge in [-0.1, -0.05) is 0 Å². The number of aliphatic hydroxyl groups excluding tert-OH is 2. The highest BCUT2D eigenvalue weighted by molar-refractivity contribution is 5.90. The molecule has 13 heteroatoms. The van der Waals surface area contributed by atoms with Crippen molar-refractivity contribution in [1.82, 2.24) is 10.6 Å². The van der Waals surface area contributed by atoms with Crippen LogP contribution in [0.2, 0.25) is 0 Å². The number of alkyl halides is 1. The van der Waals surface area contributed by atoms with Gasteiger partial charge in [-0.05, 0) is 25.5 Å². The topological polar surface area (TPSA) is 204 Å². The van der Waals surface area contributed by atoms with Gasteiger partial charge in [0.05, 0.1) is 18.0 Å². The van der Waals surface area contributed by atoms with Gasteiger partial charge in [-0.15, -0.1) is 0 Å². The highest BCUT2D eigenvalue weighted by atomic mass is 19.1. The van der Waals surface area contributed by atoms with Crippen molar-refractivity contribution in [3.05, 3.63) is 23.5 Å². The summed E-state index contributed by atoms with van der Waals surface area (Å²) in [5, 5.41) is 42.0. The third-order valence-electron chi connectivity index (χ3n) is 6.63. The summed E-state index contributed by atoms with van der Waals surface area (Å²) >= 11 is 0. The van der Waals surface area contributed by atoms with Crippen LogP contribution >= 0.6 is 0 Å². The molecular weight excluding hydrogens is 479 g/mol. The molecule has 202 valence electrons. The van der Waals surface area contributed by atoms with Gasteiger partial charge in [-0.2, -0.15) is 0 Å². The van der Waals surface area contributed by atoms with Gasteiger partial charge in [0.25, 0.3) is 5.76 Å². The molecule has 1 heterocycles. The number of hydrogen-bond acceptors (Lipinski definition) is 8. The van der Waals surface area contributed by atoms with Gasteiger partial charge in [0.1, 0.15) is 31.6 Å². The van der Waals surface area contributed by atoms with Crippen LogP contribution in [0.5, 0.6) is 0 Å². The smallest absolute Gasteiger partial charge is 0.342 e. The van der Waals surface area contributed by atoms with Crippen molar-refractivity contribution in [3.63, 3.8) is 0 Å². The second-order valence-electron chi connectivity index (χ2n) is 9.38. The Balaban J connectivity index is 1.73. The maximum absolute atomic E-state index is 13.9. The molecule has 12 nitrogen and oxygen atoms in total. The molecule has 0 radical (unpaired) electrons. The monoisotopic (exact) mass is 517 g/mol. The summed E-state index contributed by atoms with van der Waals surface area (Å²) < 4.78 is 13.8. The molecule has 0 aromatic carbocycles. The molecule has 1 aliphatic heterocycles. The molecule has 0 aromatic heterocycles. The van der Waals surface area contributed by atoms with Crippen molar-refractivity contribution in [1.29, 1.82) is 0 Å². The molecule has 1 saturated heterocycles. The van der Waals surface area contributed by atoms with Crippen LogP contribution in [0, 0.1) is 0 Å². The van der Waals surface area contributed by atoms with Crippen LogP contribution in [0.15, 0.2) is 23.5 Å². The van der Waals surface area contributed by atoms with Gasteiger partial charge < -0.3 is 31.0 Å². The fourth-order valence-electron chi connectivity index (χ4n) is 4.25. The zero-order chi connectivity index (χ0) is 26.9. The zero-order valence-electron chi connectivity index (χ0n) is 20.1. The van der Waals surface area contributed by atoms with E-state index in [1.54, 1.807) is 0 Å². The second kappa shape index (κ2) is 13.7. The Hall–Kier alpha value is -2.55. The second-order valence-corrected chi connectivity index (χ2v) is 9.38. The van der Waals surface area contributed by atoms with Crippen molar-refractivity contribution >= 4 is 24.4 Å². The number of aliphatic hydroxyl groups is 2. The Labute approximate surface area is 208 Å². The van der Waals surface area contributed by atoms with E-state index >= 15 is 0 Å². The predicted molar refractivity (Wildman–Crippen MR) is 125 cm³/mol. The Kier molecular flexibility index (Phi) is 11.3. The highest BCUT2D eigenvalue weighted by Gasteiger charge is 2.56. The van der Waals surface area contributed by atoms with E-state index in [1.165, 1.54) is 12.2 Å². The quantitative estimate of drug-likeness (QED) is 0.0294. The number of amides is 1. The van der Waals surface area contributed by atoms with E-state index < -0.39 is 49.1 Å². The van der Waals surface area contributed by atoms with Crippen molar-refractivity contribution in [2.45, 2.75) is 75.3 Å². The first kappa shape index (κ1) is 29.7. The fourth-order valence-corrected chi connectivity index (χ4v) is 4.25. The molecule has 0 aromatic rings. The Morgan fingerprint density at radius 3 is 2.44 bits per heavy atom. The first-order chi connectivity index (χ1) is 17.0. The molecular formula is C23H38FN4O8+3. The Morgan fingerprint density at radius 1 is 1.19 bits per heavy atom. The van der Waals surface area contributed by atoms with Crippen LogP contribution in [0.3, 0.4) is 0 Å². The summed E-state index contributed by atoms with van der Waals surface area (Å²) in [6.45, 7) is 1.32. The van der Waals surface area contributed by atoms with E-state index in [0.717, 1.165) is 0 Å². The van der Waals surface area contributed by atoms with Gasteiger partial charge in [-0.25, -0.2) is 13.7 Å². The van der Waals surface area contributed by atoms with E-state index in [1.807, 2.05) is 0 Å². The summed E-state index contributed by atoms with van der Waals surface area (Å²) in [5.74, 6) is -1.66. The molecule has 0 spiro atoms. The van der Waals surface area contributed by atoms with Crippen LogP contribution < -0.4 is 16.4 Å². The van der Waals surface area contributed by atoms with Crippen molar-refractivity contribution in [3.8, 4) is 0 Å². The van der Waals surface area contributed by atoms with Gasteiger partial charge in [0, 0.05) is 25.3 Å². The summed E-state index contributed by atoms with van der Waals surface area (Å²) in [6, 6.07) is -2.19. The highest BCUT2D eigenvalue weighted by Crippen LogP contribution is 2.34. The lowest BCUT2D eigenvalue weighted by Crippen LogP contribution is -2.70. The largest absolute Gasteiger partial charge is 0.594 e. The number of aldehydes is 2. The van der Waals surface area contributed by atoms with Crippen LogP contribution in [0.25, 0.3) is 0 Å². The number of nitrogens with zero attached hydrogens (tertiary/aromatic N) is 1. The lowest BCUT2D eigenvalue weighted by molar-refractivity contribution is -0.735. The van der Waals surface area contributed by atoms with Crippen LogP contribution in [0.4, 0.5) is 4.39 Å². The van der Waals surface area contributed by atoms with Crippen LogP contribution in [-0.4, -0.2) is 106 Å². The number of carbonyl (C=O) groups is 4. The molecule has 0 bridgehead atoms. The van der Waals surface area contributed by atoms with Crippen molar-refractivity contribution in [2.75, 3.05) is 19.6 Å². The molecule has 0 saturated carbocycles. The number of allylic oxidation sites excluding steroid dienone is 3. The van der Waals surface area contributed by atoms with E-state index in [9.17, 15) is 33.8 Å². The molecule has 6 atom stereocenters. The number of hydrogen-bond donors (Lipinski definition) is 6. The number of nitrogens with one attached hydrogen (secondary N) is 2. The lowest BCUT2D eigenvalue weighted by atomic mass is 9.99. The van der Waals surface area contributed by atoms with Crippen molar-refractivity contribution in [2.24, 2.45) is 0 Å².